The summed E-state index contributed by atoms with van der Waals surface area (Å²) >= 11 is 0. The molecule has 3 rings (SSSR count). The number of para-hydroxylation sites is 3. The standard InChI is InChI=1S/C24H25N3O/c1-19(18-27(20(2)28)23-16-10-5-11-17-23)24(25-21-12-6-3-7-13-21)26-22-14-8-4-9-15-22/h3-17,19H,18H2,1-2H3,(H,25,26)/t19-/m0/s1. The Hall–Kier alpha value is -3.40. The largest absolute Gasteiger partial charge is 0.343 e. The normalized spacial score (nSPS) is 12.3. The molecule has 1 amide bonds. The third-order valence-corrected chi connectivity index (χ3v) is 4.42. The fourth-order valence-electron chi connectivity index (χ4n) is 2.96. The summed E-state index contributed by atoms with van der Waals surface area (Å²) in [7, 11) is 0. The van der Waals surface area contributed by atoms with Crippen molar-refractivity contribution >= 4 is 28.8 Å². The van der Waals surface area contributed by atoms with Crippen LogP contribution in [0, 0.1) is 5.92 Å². The van der Waals surface area contributed by atoms with Gasteiger partial charge in [-0.15, -0.1) is 0 Å². The van der Waals surface area contributed by atoms with Gasteiger partial charge < -0.3 is 10.2 Å². The van der Waals surface area contributed by atoms with Crippen molar-refractivity contribution in [3.05, 3.63) is 91.0 Å². The Kier molecular flexibility index (Phi) is 6.58. The first-order valence-electron chi connectivity index (χ1n) is 9.42. The van der Waals surface area contributed by atoms with E-state index in [1.807, 2.05) is 91.0 Å². The summed E-state index contributed by atoms with van der Waals surface area (Å²) in [6.07, 6.45) is 0. The highest BCUT2D eigenvalue weighted by Gasteiger charge is 2.19. The Morgan fingerprint density at radius 2 is 1.43 bits per heavy atom. The summed E-state index contributed by atoms with van der Waals surface area (Å²) in [6, 6.07) is 29.6. The smallest absolute Gasteiger partial charge is 0.223 e. The van der Waals surface area contributed by atoms with Crippen LogP contribution in [-0.2, 0) is 4.79 Å². The zero-order valence-corrected chi connectivity index (χ0v) is 16.2. The molecule has 4 nitrogen and oxygen atoms in total. The Balaban J connectivity index is 1.88. The highest BCUT2D eigenvalue weighted by Crippen LogP contribution is 2.19. The van der Waals surface area contributed by atoms with E-state index in [0.29, 0.717) is 6.54 Å². The van der Waals surface area contributed by atoms with Crippen molar-refractivity contribution in [2.24, 2.45) is 10.9 Å². The molecule has 28 heavy (non-hydrogen) atoms. The second-order valence-electron chi connectivity index (χ2n) is 6.69. The fourth-order valence-corrected chi connectivity index (χ4v) is 2.96. The van der Waals surface area contributed by atoms with E-state index in [2.05, 4.69) is 12.2 Å². The molecule has 0 unspecified atom stereocenters. The molecule has 3 aromatic rings. The quantitative estimate of drug-likeness (QED) is 0.458. The average Bonchev–Trinajstić information content (AvgIpc) is 2.73. The number of carbonyl (C=O) groups excluding carboxylic acids is 1. The van der Waals surface area contributed by atoms with Gasteiger partial charge in [-0.1, -0.05) is 61.5 Å². The molecule has 0 spiro atoms. The number of hydrogen-bond donors (Lipinski definition) is 1. The molecule has 0 aromatic heterocycles. The molecule has 0 aliphatic carbocycles. The van der Waals surface area contributed by atoms with Crippen molar-refractivity contribution in [3.63, 3.8) is 0 Å². The minimum atomic E-state index is 0.00418. The van der Waals surface area contributed by atoms with Crippen LogP contribution in [0.15, 0.2) is 96.0 Å². The van der Waals surface area contributed by atoms with Crippen molar-refractivity contribution in [1.29, 1.82) is 0 Å². The second kappa shape index (κ2) is 9.51. The summed E-state index contributed by atoms with van der Waals surface area (Å²) in [6.45, 7) is 4.21. The topological polar surface area (TPSA) is 44.7 Å². The van der Waals surface area contributed by atoms with Gasteiger partial charge >= 0.3 is 0 Å². The summed E-state index contributed by atoms with van der Waals surface area (Å²) in [4.78, 5) is 18.9. The predicted octanol–water partition coefficient (Wildman–Crippen LogP) is 5.52. The first-order chi connectivity index (χ1) is 13.6. The lowest BCUT2D eigenvalue weighted by Crippen LogP contribution is -2.37. The minimum absolute atomic E-state index is 0.00418. The molecule has 0 bridgehead atoms. The van der Waals surface area contributed by atoms with Crippen LogP contribution in [0.1, 0.15) is 13.8 Å². The first kappa shape index (κ1) is 19.4. The number of nitrogens with one attached hydrogen (secondary N) is 1. The molecule has 0 saturated carbocycles. The van der Waals surface area contributed by atoms with Gasteiger partial charge in [0.1, 0.15) is 5.84 Å². The van der Waals surface area contributed by atoms with E-state index < -0.39 is 0 Å². The fraction of sp³-hybridized carbons (Fsp3) is 0.167. The van der Waals surface area contributed by atoms with Gasteiger partial charge in [0.2, 0.25) is 5.91 Å². The van der Waals surface area contributed by atoms with Crippen molar-refractivity contribution < 1.29 is 4.79 Å². The van der Waals surface area contributed by atoms with Crippen molar-refractivity contribution in [3.8, 4) is 0 Å². The summed E-state index contributed by atoms with van der Waals surface area (Å²) in [5, 5.41) is 3.44. The number of amides is 1. The maximum Gasteiger partial charge on any atom is 0.223 e. The molecule has 0 saturated heterocycles. The van der Waals surface area contributed by atoms with Crippen LogP contribution in [0.25, 0.3) is 0 Å². The number of anilines is 2. The van der Waals surface area contributed by atoms with E-state index in [1.165, 1.54) is 0 Å². The zero-order valence-electron chi connectivity index (χ0n) is 16.2. The maximum absolute atomic E-state index is 12.3. The number of nitrogens with zero attached hydrogens (tertiary/aromatic N) is 2. The molecule has 142 valence electrons. The molecule has 0 heterocycles. The van der Waals surface area contributed by atoms with Crippen LogP contribution in [0.4, 0.5) is 17.1 Å². The zero-order chi connectivity index (χ0) is 19.8. The Bertz CT molecular complexity index is 908. The SMILES string of the molecule is CC(=O)N(C[C@H](C)C(=Nc1ccccc1)Nc1ccccc1)c1ccccc1. The molecule has 1 atom stereocenters. The summed E-state index contributed by atoms with van der Waals surface area (Å²) in [5.74, 6) is 0.834. The number of amidine groups is 1. The number of hydrogen-bond acceptors (Lipinski definition) is 2. The molecule has 0 aliphatic heterocycles. The van der Waals surface area contributed by atoms with Gasteiger partial charge in [0.05, 0.1) is 5.69 Å². The van der Waals surface area contributed by atoms with Crippen molar-refractivity contribution in [1.82, 2.24) is 0 Å². The number of carbonyl (C=O) groups is 1. The monoisotopic (exact) mass is 371 g/mol. The lowest BCUT2D eigenvalue weighted by atomic mass is 10.1. The van der Waals surface area contributed by atoms with E-state index >= 15 is 0 Å². The molecule has 0 radical (unpaired) electrons. The third-order valence-electron chi connectivity index (χ3n) is 4.42. The van der Waals surface area contributed by atoms with Crippen LogP contribution in [0.5, 0.6) is 0 Å². The van der Waals surface area contributed by atoms with Crippen LogP contribution in [0.2, 0.25) is 0 Å². The van der Waals surface area contributed by atoms with E-state index in [4.69, 9.17) is 4.99 Å². The molecule has 4 heteroatoms. The average molecular weight is 371 g/mol. The minimum Gasteiger partial charge on any atom is -0.343 e. The van der Waals surface area contributed by atoms with E-state index in [0.717, 1.165) is 22.9 Å². The molecular formula is C24H25N3O. The van der Waals surface area contributed by atoms with Gasteiger partial charge in [-0.25, -0.2) is 4.99 Å². The molecular weight excluding hydrogens is 346 g/mol. The van der Waals surface area contributed by atoms with E-state index in [-0.39, 0.29) is 11.8 Å². The number of aliphatic imine (C=N–C) groups is 1. The highest BCUT2D eigenvalue weighted by molar-refractivity contribution is 6.00. The van der Waals surface area contributed by atoms with Crippen LogP contribution in [-0.4, -0.2) is 18.3 Å². The van der Waals surface area contributed by atoms with Crippen LogP contribution < -0.4 is 10.2 Å². The van der Waals surface area contributed by atoms with E-state index in [1.54, 1.807) is 11.8 Å². The lowest BCUT2D eigenvalue weighted by molar-refractivity contribution is -0.116. The Morgan fingerprint density at radius 3 is 2.00 bits per heavy atom. The summed E-state index contributed by atoms with van der Waals surface area (Å²) in [5.41, 5.74) is 2.74. The van der Waals surface area contributed by atoms with E-state index in [9.17, 15) is 4.79 Å². The van der Waals surface area contributed by atoms with Crippen LogP contribution in [0.3, 0.4) is 0 Å². The molecule has 0 aliphatic rings. The lowest BCUT2D eigenvalue weighted by Gasteiger charge is -2.26. The third kappa shape index (κ3) is 5.30. The van der Waals surface area contributed by atoms with Crippen molar-refractivity contribution in [2.45, 2.75) is 13.8 Å². The van der Waals surface area contributed by atoms with Crippen molar-refractivity contribution in [2.75, 3.05) is 16.8 Å². The van der Waals surface area contributed by atoms with Gasteiger partial charge in [0.15, 0.2) is 0 Å². The summed E-state index contributed by atoms with van der Waals surface area (Å²) < 4.78 is 0. The number of benzene rings is 3. The number of rotatable bonds is 6. The van der Waals surface area contributed by atoms with Gasteiger partial charge in [-0.2, -0.15) is 0 Å². The molecule has 0 fully saturated rings. The van der Waals surface area contributed by atoms with Gasteiger partial charge in [0.25, 0.3) is 0 Å². The van der Waals surface area contributed by atoms with Crippen LogP contribution >= 0.6 is 0 Å². The predicted molar refractivity (Wildman–Crippen MR) is 117 cm³/mol. The van der Waals surface area contributed by atoms with Gasteiger partial charge in [-0.05, 0) is 36.4 Å². The highest BCUT2D eigenvalue weighted by atomic mass is 16.2. The Labute approximate surface area is 166 Å². The maximum atomic E-state index is 12.3. The Morgan fingerprint density at radius 1 is 0.893 bits per heavy atom. The molecule has 1 N–H and O–H groups in total. The second-order valence-corrected chi connectivity index (χ2v) is 6.69. The molecule has 3 aromatic carbocycles. The van der Waals surface area contributed by atoms with Gasteiger partial charge in [0, 0.05) is 30.8 Å². The first-order valence-corrected chi connectivity index (χ1v) is 9.42. The van der Waals surface area contributed by atoms with Gasteiger partial charge in [-0.3, -0.25) is 4.79 Å².